The predicted octanol–water partition coefficient (Wildman–Crippen LogP) is 3.93. The number of nitrogens with zero attached hydrogens (tertiary/aromatic N) is 1. The second kappa shape index (κ2) is 6.99. The van der Waals surface area contributed by atoms with Crippen LogP contribution in [0.4, 0.5) is 0 Å². The summed E-state index contributed by atoms with van der Waals surface area (Å²) >= 11 is 0. The van der Waals surface area contributed by atoms with E-state index in [-0.39, 0.29) is 11.9 Å². The van der Waals surface area contributed by atoms with Crippen LogP contribution in [-0.4, -0.2) is 43.6 Å². The Kier molecular flexibility index (Phi) is 4.32. The van der Waals surface area contributed by atoms with Crippen LogP contribution in [0.15, 0.2) is 52.9 Å². The predicted molar refractivity (Wildman–Crippen MR) is 109 cm³/mol. The van der Waals surface area contributed by atoms with Crippen LogP contribution in [0.1, 0.15) is 23.4 Å². The molecule has 0 saturated carbocycles. The van der Waals surface area contributed by atoms with E-state index in [1.54, 1.807) is 7.11 Å². The molecule has 6 rings (SSSR count). The van der Waals surface area contributed by atoms with Gasteiger partial charge in [0.15, 0.2) is 5.76 Å². The highest BCUT2D eigenvalue weighted by molar-refractivity contribution is 5.97. The van der Waals surface area contributed by atoms with Crippen LogP contribution < -0.4 is 10.1 Å². The van der Waals surface area contributed by atoms with E-state index in [2.05, 4.69) is 16.3 Å². The molecule has 3 saturated heterocycles. The molecule has 28 heavy (non-hydrogen) atoms. The number of rotatable bonds is 4. The highest BCUT2D eigenvalue weighted by Crippen LogP contribution is 2.30. The summed E-state index contributed by atoms with van der Waals surface area (Å²) in [6, 6.07) is 16.0. The van der Waals surface area contributed by atoms with Crippen LogP contribution in [0.5, 0.6) is 5.75 Å². The van der Waals surface area contributed by atoms with Crippen LogP contribution in [0.2, 0.25) is 0 Å². The van der Waals surface area contributed by atoms with E-state index >= 15 is 0 Å². The zero-order valence-electron chi connectivity index (χ0n) is 16.0. The Balaban J connectivity index is 1.36. The number of fused-ring (bicyclic) bond motifs is 4. The van der Waals surface area contributed by atoms with Crippen molar-refractivity contribution in [1.82, 2.24) is 10.2 Å². The van der Waals surface area contributed by atoms with E-state index in [0.717, 1.165) is 47.5 Å². The van der Waals surface area contributed by atoms with E-state index in [1.807, 2.05) is 42.5 Å². The molecule has 0 radical (unpaired) electrons. The number of benzene rings is 2. The SMILES string of the molecule is COc1ccc(-c2ccc3oc(C(=O)NC4CN5CCC4CC5)cc3c2)cc1. The van der Waals surface area contributed by atoms with Gasteiger partial charge in [0.2, 0.25) is 0 Å². The lowest BCUT2D eigenvalue weighted by atomic mass is 9.84. The van der Waals surface area contributed by atoms with Crippen molar-refractivity contribution in [3.8, 4) is 16.9 Å². The minimum absolute atomic E-state index is 0.110. The van der Waals surface area contributed by atoms with Gasteiger partial charge in [-0.3, -0.25) is 4.79 Å². The quantitative estimate of drug-likeness (QED) is 0.750. The molecule has 2 bridgehead atoms. The van der Waals surface area contributed by atoms with Crippen LogP contribution in [0.3, 0.4) is 0 Å². The Morgan fingerprint density at radius 2 is 1.82 bits per heavy atom. The maximum atomic E-state index is 12.7. The lowest BCUT2D eigenvalue weighted by Crippen LogP contribution is -2.57. The average molecular weight is 376 g/mol. The first-order valence-corrected chi connectivity index (χ1v) is 9.91. The highest BCUT2D eigenvalue weighted by atomic mass is 16.5. The molecule has 1 N–H and O–H groups in total. The topological polar surface area (TPSA) is 54.7 Å². The summed E-state index contributed by atoms with van der Waals surface area (Å²) in [6.07, 6.45) is 2.35. The van der Waals surface area contributed by atoms with Crippen LogP contribution in [0, 0.1) is 5.92 Å². The number of carbonyl (C=O) groups is 1. The summed E-state index contributed by atoms with van der Waals surface area (Å²) in [5.41, 5.74) is 2.92. The van der Waals surface area contributed by atoms with Crippen molar-refractivity contribution < 1.29 is 13.9 Å². The monoisotopic (exact) mass is 376 g/mol. The van der Waals surface area contributed by atoms with Gasteiger partial charge in [0.1, 0.15) is 11.3 Å². The number of nitrogens with one attached hydrogen (secondary N) is 1. The molecular formula is C23H24N2O3. The summed E-state index contributed by atoms with van der Waals surface area (Å²) in [4.78, 5) is 15.2. The van der Waals surface area contributed by atoms with Crippen molar-refractivity contribution in [2.24, 2.45) is 5.92 Å². The third-order valence-corrected chi connectivity index (χ3v) is 6.14. The number of hydrogen-bond donors (Lipinski definition) is 1. The van der Waals surface area contributed by atoms with Gasteiger partial charge < -0.3 is 19.4 Å². The fourth-order valence-corrected chi connectivity index (χ4v) is 4.49. The van der Waals surface area contributed by atoms with E-state index < -0.39 is 0 Å². The van der Waals surface area contributed by atoms with E-state index in [0.29, 0.717) is 11.7 Å². The molecule has 5 heteroatoms. The molecule has 3 aromatic rings. The Bertz CT molecular complexity index is 1000. The number of piperidine rings is 3. The van der Waals surface area contributed by atoms with Gasteiger partial charge >= 0.3 is 0 Å². The van der Waals surface area contributed by atoms with E-state index in [9.17, 15) is 4.79 Å². The average Bonchev–Trinajstić information content (AvgIpc) is 3.18. The van der Waals surface area contributed by atoms with Crippen molar-refractivity contribution in [3.63, 3.8) is 0 Å². The Morgan fingerprint density at radius 3 is 2.50 bits per heavy atom. The smallest absolute Gasteiger partial charge is 0.287 e. The van der Waals surface area contributed by atoms with E-state index in [1.165, 1.54) is 12.8 Å². The van der Waals surface area contributed by atoms with Crippen molar-refractivity contribution >= 4 is 16.9 Å². The largest absolute Gasteiger partial charge is 0.497 e. The van der Waals surface area contributed by atoms with Crippen LogP contribution >= 0.6 is 0 Å². The second-order valence-corrected chi connectivity index (χ2v) is 7.81. The summed E-state index contributed by atoms with van der Waals surface area (Å²) in [5, 5.41) is 4.14. The minimum atomic E-state index is -0.110. The molecule has 0 aliphatic carbocycles. The molecule has 4 heterocycles. The summed E-state index contributed by atoms with van der Waals surface area (Å²) in [5.74, 6) is 1.71. The van der Waals surface area contributed by atoms with Gasteiger partial charge in [-0.05, 0) is 73.3 Å². The van der Waals surface area contributed by atoms with E-state index in [4.69, 9.17) is 9.15 Å². The number of furan rings is 1. The summed E-state index contributed by atoms with van der Waals surface area (Å²) in [6.45, 7) is 3.28. The maximum absolute atomic E-state index is 12.7. The Labute approximate surface area is 164 Å². The summed E-state index contributed by atoms with van der Waals surface area (Å²) in [7, 11) is 1.66. The van der Waals surface area contributed by atoms with Gasteiger partial charge in [-0.2, -0.15) is 0 Å². The molecule has 1 unspecified atom stereocenters. The minimum Gasteiger partial charge on any atom is -0.497 e. The maximum Gasteiger partial charge on any atom is 0.287 e. The van der Waals surface area contributed by atoms with Gasteiger partial charge in [0, 0.05) is 18.0 Å². The molecule has 2 aromatic carbocycles. The molecule has 3 aliphatic heterocycles. The third kappa shape index (κ3) is 3.16. The standard InChI is InChI=1S/C23H24N2O3/c1-27-19-5-2-15(3-6-19)17-4-7-21-18(12-17)13-22(28-21)23(26)24-20-14-25-10-8-16(20)9-11-25/h2-7,12-13,16,20H,8-11,14H2,1H3,(H,24,26). The van der Waals surface area contributed by atoms with Crippen LogP contribution in [-0.2, 0) is 0 Å². The lowest BCUT2D eigenvalue weighted by molar-refractivity contribution is 0.0607. The second-order valence-electron chi connectivity index (χ2n) is 7.81. The normalized spacial score (nSPS) is 23.7. The van der Waals surface area contributed by atoms with Gasteiger partial charge in [-0.1, -0.05) is 18.2 Å². The third-order valence-electron chi connectivity index (χ3n) is 6.14. The molecule has 0 spiro atoms. The number of carbonyl (C=O) groups excluding carboxylic acids is 1. The highest BCUT2D eigenvalue weighted by Gasteiger charge is 2.35. The molecule has 1 aromatic heterocycles. The van der Waals surface area contributed by atoms with Crippen molar-refractivity contribution in [1.29, 1.82) is 0 Å². The Hall–Kier alpha value is -2.79. The number of hydrogen-bond acceptors (Lipinski definition) is 4. The summed E-state index contributed by atoms with van der Waals surface area (Å²) < 4.78 is 11.1. The number of methoxy groups -OCH3 is 1. The fraction of sp³-hybridized carbons (Fsp3) is 0.348. The first-order valence-electron chi connectivity index (χ1n) is 9.91. The molecule has 144 valence electrons. The van der Waals surface area contributed by atoms with Crippen molar-refractivity contribution in [2.75, 3.05) is 26.7 Å². The van der Waals surface area contributed by atoms with Crippen molar-refractivity contribution in [2.45, 2.75) is 18.9 Å². The van der Waals surface area contributed by atoms with Gasteiger partial charge in [0.25, 0.3) is 5.91 Å². The molecule has 1 amide bonds. The Morgan fingerprint density at radius 1 is 1.07 bits per heavy atom. The molecule has 1 atom stereocenters. The first-order chi connectivity index (χ1) is 13.7. The molecular weight excluding hydrogens is 352 g/mol. The van der Waals surface area contributed by atoms with Crippen LogP contribution in [0.25, 0.3) is 22.1 Å². The fourth-order valence-electron chi connectivity index (χ4n) is 4.49. The molecule has 3 aliphatic rings. The zero-order chi connectivity index (χ0) is 19.1. The van der Waals surface area contributed by atoms with Gasteiger partial charge in [0.05, 0.1) is 7.11 Å². The van der Waals surface area contributed by atoms with Gasteiger partial charge in [-0.15, -0.1) is 0 Å². The molecule has 5 nitrogen and oxygen atoms in total. The van der Waals surface area contributed by atoms with Gasteiger partial charge in [-0.25, -0.2) is 0 Å². The lowest BCUT2D eigenvalue weighted by Gasteiger charge is -2.44. The number of amides is 1. The zero-order valence-corrected chi connectivity index (χ0v) is 16.0. The van der Waals surface area contributed by atoms with Crippen molar-refractivity contribution in [3.05, 3.63) is 54.3 Å². The number of ether oxygens (including phenoxy) is 1. The molecule has 3 fully saturated rings. The first kappa shape index (κ1) is 17.3.